The molecule has 2 rings (SSSR count). The van der Waals surface area contributed by atoms with Gasteiger partial charge in [-0.15, -0.1) is 0 Å². The molecule has 0 aromatic heterocycles. The van der Waals surface area contributed by atoms with Crippen molar-refractivity contribution in [2.75, 3.05) is 19.8 Å². The molecule has 33 heavy (non-hydrogen) atoms. The van der Waals surface area contributed by atoms with Crippen LogP contribution in [0.4, 0.5) is 26.3 Å². The van der Waals surface area contributed by atoms with E-state index in [9.17, 15) is 31.4 Å². The summed E-state index contributed by atoms with van der Waals surface area (Å²) in [4.78, 5) is 2.22. The number of aliphatic hydroxyl groups is 1. The van der Waals surface area contributed by atoms with Crippen molar-refractivity contribution in [3.63, 3.8) is 0 Å². The number of nitrogens with one attached hydrogen (secondary N) is 1. The molecule has 0 spiro atoms. The highest BCUT2D eigenvalue weighted by Crippen LogP contribution is 2.51. The van der Waals surface area contributed by atoms with E-state index in [4.69, 9.17) is 4.74 Å². The largest absolute Gasteiger partial charge is 0.490 e. The molecule has 1 aromatic carbocycles. The van der Waals surface area contributed by atoms with E-state index in [2.05, 4.69) is 17.1 Å². The second kappa shape index (κ2) is 10.8. The van der Waals surface area contributed by atoms with Crippen molar-refractivity contribution in [2.24, 2.45) is 0 Å². The fraction of sp³-hybridized carbons (Fsp3) is 0.739. The predicted octanol–water partition coefficient (Wildman–Crippen LogP) is 5.31. The summed E-state index contributed by atoms with van der Waals surface area (Å²) in [6.45, 7) is 9.90. The van der Waals surface area contributed by atoms with Crippen LogP contribution in [0.2, 0.25) is 0 Å². The van der Waals surface area contributed by atoms with Gasteiger partial charge in [0.05, 0.1) is 6.10 Å². The Morgan fingerprint density at radius 1 is 1.06 bits per heavy atom. The molecule has 2 unspecified atom stereocenters. The summed E-state index contributed by atoms with van der Waals surface area (Å²) in [6, 6.07) is 2.00. The Hall–Kier alpha value is -1.52. The smallest absolute Gasteiger partial charge is 0.430 e. The maximum absolute atomic E-state index is 13.5. The lowest BCUT2D eigenvalue weighted by Crippen LogP contribution is -2.54. The first-order chi connectivity index (χ1) is 15.2. The van der Waals surface area contributed by atoms with Crippen LogP contribution in [0.1, 0.15) is 63.6 Å². The zero-order valence-electron chi connectivity index (χ0n) is 19.5. The molecule has 0 amide bonds. The summed E-state index contributed by atoms with van der Waals surface area (Å²) in [5.41, 5.74) is -5.68. The average Bonchev–Trinajstić information content (AvgIpc) is 3.11. The third-order valence-electron chi connectivity index (χ3n) is 5.89. The van der Waals surface area contributed by atoms with Crippen LogP contribution in [-0.4, -0.2) is 54.3 Å². The highest BCUT2D eigenvalue weighted by molar-refractivity contribution is 5.48. The number of alkyl halides is 6. The minimum absolute atomic E-state index is 0.228. The Kier molecular flexibility index (Phi) is 9.09. The molecule has 2 N–H and O–H groups in total. The number of ether oxygens (including phenoxy) is 1. The summed E-state index contributed by atoms with van der Waals surface area (Å²) in [7, 11) is 0. The Morgan fingerprint density at radius 2 is 1.58 bits per heavy atom. The zero-order valence-corrected chi connectivity index (χ0v) is 19.5. The Balaban J connectivity index is 2.42. The zero-order chi connectivity index (χ0) is 25.0. The number of benzene rings is 1. The molecule has 1 aromatic rings. The first kappa shape index (κ1) is 27.7. The maximum atomic E-state index is 13.5. The third-order valence-corrected chi connectivity index (χ3v) is 5.89. The Bertz CT molecular complexity index is 740. The van der Waals surface area contributed by atoms with Crippen LogP contribution in [0.3, 0.4) is 0 Å². The van der Waals surface area contributed by atoms with Crippen LogP contribution >= 0.6 is 0 Å². The fourth-order valence-electron chi connectivity index (χ4n) is 4.11. The molecule has 1 aliphatic rings. The summed E-state index contributed by atoms with van der Waals surface area (Å²) in [5, 5.41) is 13.3. The number of nitrogens with zero attached hydrogens (tertiary/aromatic N) is 1. The summed E-state index contributed by atoms with van der Waals surface area (Å²) >= 11 is 0. The van der Waals surface area contributed by atoms with E-state index in [1.165, 1.54) is 0 Å². The van der Waals surface area contributed by atoms with Gasteiger partial charge in [0.1, 0.15) is 5.75 Å². The van der Waals surface area contributed by atoms with Crippen molar-refractivity contribution in [1.29, 1.82) is 0 Å². The minimum Gasteiger partial charge on any atom is -0.490 e. The molecule has 1 saturated heterocycles. The van der Waals surface area contributed by atoms with Crippen LogP contribution in [0.5, 0.6) is 5.75 Å². The third kappa shape index (κ3) is 6.33. The van der Waals surface area contributed by atoms with Gasteiger partial charge in [-0.1, -0.05) is 26.7 Å². The van der Waals surface area contributed by atoms with E-state index in [0.717, 1.165) is 31.9 Å². The number of rotatable bonds is 10. The van der Waals surface area contributed by atoms with E-state index >= 15 is 0 Å². The van der Waals surface area contributed by atoms with Crippen molar-refractivity contribution in [3.05, 3.63) is 28.8 Å². The van der Waals surface area contributed by atoms with E-state index in [-0.39, 0.29) is 30.1 Å². The molecule has 2 atom stereocenters. The second-order valence-corrected chi connectivity index (χ2v) is 8.89. The maximum Gasteiger partial charge on any atom is 0.430 e. The van der Waals surface area contributed by atoms with Gasteiger partial charge < -0.3 is 15.2 Å². The van der Waals surface area contributed by atoms with E-state index in [1.807, 2.05) is 6.92 Å². The van der Waals surface area contributed by atoms with Crippen molar-refractivity contribution in [2.45, 2.75) is 89.9 Å². The van der Waals surface area contributed by atoms with E-state index < -0.39 is 23.5 Å². The molecule has 190 valence electrons. The summed E-state index contributed by atoms with van der Waals surface area (Å²) in [5.74, 6) is 0.328. The monoisotopic (exact) mass is 484 g/mol. The van der Waals surface area contributed by atoms with Gasteiger partial charge in [0, 0.05) is 31.4 Å². The van der Waals surface area contributed by atoms with Gasteiger partial charge in [-0.05, 0) is 56.4 Å². The highest BCUT2D eigenvalue weighted by Gasteiger charge is 2.71. The highest BCUT2D eigenvalue weighted by atomic mass is 19.4. The lowest BCUT2D eigenvalue weighted by atomic mass is 9.87. The number of halogens is 6. The van der Waals surface area contributed by atoms with E-state index in [0.29, 0.717) is 31.1 Å². The first-order valence-electron chi connectivity index (χ1n) is 11.4. The molecular weight excluding hydrogens is 450 g/mol. The van der Waals surface area contributed by atoms with Gasteiger partial charge in [-0.3, -0.25) is 4.90 Å². The molecule has 10 heteroatoms. The fourth-order valence-corrected chi connectivity index (χ4v) is 4.11. The van der Waals surface area contributed by atoms with Crippen molar-refractivity contribution in [3.8, 4) is 5.75 Å². The van der Waals surface area contributed by atoms with Crippen LogP contribution in [0.15, 0.2) is 12.1 Å². The molecule has 0 radical (unpaired) electrons. The van der Waals surface area contributed by atoms with Gasteiger partial charge in [-0.25, -0.2) is 0 Å². The molecule has 0 saturated carbocycles. The van der Waals surface area contributed by atoms with Crippen LogP contribution < -0.4 is 10.1 Å². The van der Waals surface area contributed by atoms with Crippen LogP contribution in [0.25, 0.3) is 0 Å². The minimum atomic E-state index is -5.92. The van der Waals surface area contributed by atoms with Gasteiger partial charge >= 0.3 is 12.4 Å². The summed E-state index contributed by atoms with van der Waals surface area (Å²) < 4.78 is 87.1. The summed E-state index contributed by atoms with van der Waals surface area (Å²) in [6.07, 6.45) is -10.0. The second-order valence-electron chi connectivity index (χ2n) is 8.89. The topological polar surface area (TPSA) is 44.7 Å². The molecule has 0 bridgehead atoms. The normalized spacial score (nSPS) is 19.2. The molecule has 1 heterocycles. The number of aryl methyl sites for hydroxylation is 2. The Morgan fingerprint density at radius 3 is 1.97 bits per heavy atom. The molecule has 1 fully saturated rings. The quantitative estimate of drug-likeness (QED) is 0.442. The lowest BCUT2D eigenvalue weighted by Gasteiger charge is -2.34. The first-order valence-corrected chi connectivity index (χ1v) is 11.4. The predicted molar refractivity (Wildman–Crippen MR) is 114 cm³/mol. The van der Waals surface area contributed by atoms with Gasteiger partial charge in [0.25, 0.3) is 5.60 Å². The molecular formula is C23H34F6N2O2. The Labute approximate surface area is 191 Å². The van der Waals surface area contributed by atoms with Crippen molar-refractivity contribution >= 4 is 0 Å². The van der Waals surface area contributed by atoms with Crippen molar-refractivity contribution < 1.29 is 36.2 Å². The number of hydrogen-bond donors (Lipinski definition) is 2. The molecule has 0 aliphatic carbocycles. The van der Waals surface area contributed by atoms with E-state index in [1.54, 1.807) is 13.8 Å². The standard InChI is InChI=1S/C23H34F6N2O2/c1-5-7-17-11-19(21(32,22(24,25)26)23(27,28)29)12-18(8-6-2)20(17)33-16(4)9-10-31-13-15(3)30-14-31/h11-12,15-16,30,32H,5-10,13-14H2,1-4H3. The van der Waals surface area contributed by atoms with Crippen molar-refractivity contribution in [1.82, 2.24) is 10.2 Å². The van der Waals surface area contributed by atoms with Crippen LogP contribution in [-0.2, 0) is 18.4 Å². The van der Waals surface area contributed by atoms with Crippen LogP contribution in [0, 0.1) is 0 Å². The average molecular weight is 485 g/mol. The van der Waals surface area contributed by atoms with Gasteiger partial charge in [-0.2, -0.15) is 26.3 Å². The molecule has 4 nitrogen and oxygen atoms in total. The lowest BCUT2D eigenvalue weighted by molar-refractivity contribution is -0.376. The number of hydrogen-bond acceptors (Lipinski definition) is 4. The SMILES string of the molecule is CCCc1cc(C(O)(C(F)(F)F)C(F)(F)F)cc(CCC)c1OC(C)CCN1CNC(C)C1. The van der Waals surface area contributed by atoms with Gasteiger partial charge in [0.2, 0.25) is 0 Å². The molecule has 1 aliphatic heterocycles. The van der Waals surface area contributed by atoms with Gasteiger partial charge in [0.15, 0.2) is 0 Å².